The molecule has 3 heterocycles. The third-order valence-corrected chi connectivity index (χ3v) is 8.66. The van der Waals surface area contributed by atoms with Crippen molar-refractivity contribution < 1.29 is 27.0 Å². The van der Waals surface area contributed by atoms with Crippen LogP contribution in [0.25, 0.3) is 0 Å². The number of carbonyl (C=O) groups excluding carboxylic acids is 2. The van der Waals surface area contributed by atoms with Crippen molar-refractivity contribution in [3.8, 4) is 0 Å². The molecule has 2 aliphatic heterocycles. The van der Waals surface area contributed by atoms with Crippen LogP contribution in [0, 0.1) is 0 Å². The van der Waals surface area contributed by atoms with E-state index in [0.29, 0.717) is 37.2 Å². The van der Waals surface area contributed by atoms with Crippen molar-refractivity contribution in [1.29, 1.82) is 0 Å². The van der Waals surface area contributed by atoms with Crippen molar-refractivity contribution in [3.63, 3.8) is 0 Å². The SMILES string of the molecule is CS(=O)(=O)CC(=O)N=S1(=O)CCC2(CC1)CC(NC(=O)c1cncs1)CCO2. The van der Waals surface area contributed by atoms with Gasteiger partial charge in [-0.15, -0.1) is 11.3 Å². The average Bonchev–Trinajstić information content (AvgIpc) is 3.11. The van der Waals surface area contributed by atoms with Gasteiger partial charge in [-0.2, -0.15) is 4.36 Å². The molecule has 1 aromatic heterocycles. The summed E-state index contributed by atoms with van der Waals surface area (Å²) >= 11 is 1.28. The van der Waals surface area contributed by atoms with E-state index in [1.165, 1.54) is 17.5 Å². The average molecular weight is 450 g/mol. The Kier molecular flexibility index (Phi) is 6.23. The zero-order chi connectivity index (χ0) is 20.4. The van der Waals surface area contributed by atoms with E-state index in [1.54, 1.807) is 5.51 Å². The van der Waals surface area contributed by atoms with Gasteiger partial charge < -0.3 is 10.1 Å². The van der Waals surface area contributed by atoms with E-state index in [4.69, 9.17) is 4.74 Å². The Balaban J connectivity index is 1.61. The molecule has 2 amide bonds. The molecule has 2 fully saturated rings. The highest BCUT2D eigenvalue weighted by molar-refractivity contribution is 7.94. The Morgan fingerprint density at radius 3 is 2.75 bits per heavy atom. The molecule has 0 aromatic carbocycles. The first kappa shape index (κ1) is 21.3. The van der Waals surface area contributed by atoms with Gasteiger partial charge in [-0.05, 0) is 25.7 Å². The number of amides is 2. The Morgan fingerprint density at radius 2 is 2.14 bits per heavy atom. The number of rotatable bonds is 4. The van der Waals surface area contributed by atoms with Gasteiger partial charge in [0.25, 0.3) is 11.8 Å². The summed E-state index contributed by atoms with van der Waals surface area (Å²) in [5.74, 6) is -1.39. The Morgan fingerprint density at radius 1 is 1.43 bits per heavy atom. The van der Waals surface area contributed by atoms with Crippen LogP contribution in [0.15, 0.2) is 16.1 Å². The van der Waals surface area contributed by atoms with Crippen LogP contribution in [0.3, 0.4) is 0 Å². The van der Waals surface area contributed by atoms with Crippen LogP contribution >= 0.6 is 11.3 Å². The molecule has 1 N–H and O–H groups in total. The zero-order valence-electron chi connectivity index (χ0n) is 15.5. The quantitative estimate of drug-likeness (QED) is 0.713. The summed E-state index contributed by atoms with van der Waals surface area (Å²) in [7, 11) is -6.28. The van der Waals surface area contributed by atoms with Gasteiger partial charge in [0.2, 0.25) is 0 Å². The minimum absolute atomic E-state index is 0.0543. The maximum Gasteiger partial charge on any atom is 0.268 e. The fourth-order valence-electron chi connectivity index (χ4n) is 3.53. The normalized spacial score (nSPS) is 30.7. The maximum absolute atomic E-state index is 12.8. The molecule has 1 atom stereocenters. The van der Waals surface area contributed by atoms with Gasteiger partial charge in [-0.1, -0.05) is 0 Å². The van der Waals surface area contributed by atoms with Crippen LogP contribution in [0.2, 0.25) is 0 Å². The lowest BCUT2D eigenvalue weighted by Gasteiger charge is -2.44. The van der Waals surface area contributed by atoms with E-state index in [0.717, 1.165) is 6.26 Å². The second kappa shape index (κ2) is 8.17. The topological polar surface area (TPSA) is 132 Å². The maximum atomic E-state index is 12.8. The lowest BCUT2D eigenvalue weighted by atomic mass is 9.85. The van der Waals surface area contributed by atoms with Gasteiger partial charge in [-0.3, -0.25) is 14.6 Å². The predicted molar refractivity (Wildman–Crippen MR) is 106 cm³/mol. The molecule has 0 aliphatic carbocycles. The molecule has 12 heteroatoms. The van der Waals surface area contributed by atoms with Gasteiger partial charge >= 0.3 is 0 Å². The molecular formula is C16H23N3O6S3. The summed E-state index contributed by atoms with van der Waals surface area (Å²) in [5.41, 5.74) is 1.10. The van der Waals surface area contributed by atoms with Crippen molar-refractivity contribution in [2.24, 2.45) is 4.36 Å². The van der Waals surface area contributed by atoms with E-state index in [-0.39, 0.29) is 23.5 Å². The molecular weight excluding hydrogens is 426 g/mol. The molecule has 28 heavy (non-hydrogen) atoms. The first-order chi connectivity index (χ1) is 13.1. The highest BCUT2D eigenvalue weighted by Crippen LogP contribution is 2.36. The van der Waals surface area contributed by atoms with Gasteiger partial charge in [0.15, 0.2) is 9.84 Å². The van der Waals surface area contributed by atoms with E-state index in [2.05, 4.69) is 14.7 Å². The van der Waals surface area contributed by atoms with Crippen LogP contribution in [-0.2, 0) is 29.1 Å². The predicted octanol–water partition coefficient (Wildman–Crippen LogP) is 0.624. The van der Waals surface area contributed by atoms with E-state index in [1.807, 2.05) is 0 Å². The second-order valence-electron chi connectivity index (χ2n) is 7.30. The second-order valence-corrected chi connectivity index (χ2v) is 12.9. The molecule has 9 nitrogen and oxygen atoms in total. The van der Waals surface area contributed by atoms with Gasteiger partial charge in [-0.25, -0.2) is 12.6 Å². The first-order valence-electron chi connectivity index (χ1n) is 8.85. The number of hydrogen-bond donors (Lipinski definition) is 1. The fourth-order valence-corrected chi connectivity index (χ4v) is 6.85. The minimum Gasteiger partial charge on any atom is -0.375 e. The zero-order valence-corrected chi connectivity index (χ0v) is 17.9. The summed E-state index contributed by atoms with van der Waals surface area (Å²) in [5, 5.41) is 3.01. The van der Waals surface area contributed by atoms with Crippen molar-refractivity contribution in [2.45, 2.75) is 37.3 Å². The molecule has 1 unspecified atom stereocenters. The van der Waals surface area contributed by atoms with Crippen molar-refractivity contribution in [2.75, 3.05) is 30.1 Å². The third kappa shape index (κ3) is 5.58. The molecule has 0 radical (unpaired) electrons. The summed E-state index contributed by atoms with van der Waals surface area (Å²) in [4.78, 5) is 28.5. The molecule has 2 aliphatic rings. The number of nitrogens with one attached hydrogen (secondary N) is 1. The van der Waals surface area contributed by atoms with Crippen molar-refractivity contribution >= 4 is 42.7 Å². The summed E-state index contributed by atoms with van der Waals surface area (Å²) < 4.78 is 44.9. The lowest BCUT2D eigenvalue weighted by Crippen LogP contribution is -2.51. The number of carbonyl (C=O) groups is 2. The van der Waals surface area contributed by atoms with Crippen LogP contribution in [-0.4, -0.2) is 71.2 Å². The van der Waals surface area contributed by atoms with Gasteiger partial charge in [0.05, 0.1) is 27.0 Å². The summed E-state index contributed by atoms with van der Waals surface area (Å²) in [6.45, 7) is 0.485. The molecule has 3 rings (SSSR count). The highest BCUT2D eigenvalue weighted by Gasteiger charge is 2.42. The highest BCUT2D eigenvalue weighted by atomic mass is 32.2. The molecule has 156 valence electrons. The minimum atomic E-state index is -3.50. The monoisotopic (exact) mass is 449 g/mol. The number of nitrogens with zero attached hydrogens (tertiary/aromatic N) is 2. The fraction of sp³-hybridized carbons (Fsp3) is 0.688. The number of thiazole rings is 1. The lowest BCUT2D eigenvalue weighted by molar-refractivity contribution is -0.115. The number of ether oxygens (including phenoxy) is 1. The Hall–Kier alpha value is -1.37. The smallest absolute Gasteiger partial charge is 0.268 e. The van der Waals surface area contributed by atoms with Crippen LogP contribution < -0.4 is 5.32 Å². The number of aromatic nitrogens is 1. The Bertz CT molecular complexity index is 950. The molecule has 0 saturated carbocycles. The van der Waals surface area contributed by atoms with Crippen molar-refractivity contribution in [1.82, 2.24) is 10.3 Å². The van der Waals surface area contributed by atoms with Crippen LogP contribution in [0.5, 0.6) is 0 Å². The first-order valence-corrected chi connectivity index (χ1v) is 13.6. The molecule has 1 aromatic rings. The molecule has 2 saturated heterocycles. The van der Waals surface area contributed by atoms with E-state index < -0.39 is 36.8 Å². The molecule has 1 spiro atoms. The Labute approximate surface area is 168 Å². The van der Waals surface area contributed by atoms with Gasteiger partial charge in [0.1, 0.15) is 10.6 Å². The van der Waals surface area contributed by atoms with E-state index in [9.17, 15) is 22.2 Å². The van der Waals surface area contributed by atoms with Crippen LogP contribution in [0.4, 0.5) is 0 Å². The van der Waals surface area contributed by atoms with Crippen molar-refractivity contribution in [3.05, 3.63) is 16.6 Å². The summed E-state index contributed by atoms with van der Waals surface area (Å²) in [6, 6.07) is -0.0543. The largest absolute Gasteiger partial charge is 0.375 e. The number of hydrogen-bond acceptors (Lipinski definition) is 8. The standard InChI is InChI=1S/C16H23N3O6S3/c1-27(22,23)10-14(20)19-28(24)6-3-16(4-7-28)8-12(2-5-25-16)18-15(21)13-9-17-11-26-13/h9,11-12H,2-8,10H2,1H3,(H,18,21). The van der Waals surface area contributed by atoms with E-state index >= 15 is 0 Å². The van der Waals surface area contributed by atoms with Crippen LogP contribution in [0.1, 0.15) is 35.4 Å². The van der Waals surface area contributed by atoms with Gasteiger partial charge in [0, 0.05) is 30.4 Å². The number of sulfone groups is 1. The summed E-state index contributed by atoms with van der Waals surface area (Å²) in [6.07, 6.45) is 4.67. The molecule has 0 bridgehead atoms. The third-order valence-electron chi connectivity index (χ3n) is 4.89.